The third-order valence-electron chi connectivity index (χ3n) is 2.97. The van der Waals surface area contributed by atoms with Crippen molar-refractivity contribution in [3.05, 3.63) is 29.8 Å². The van der Waals surface area contributed by atoms with Gasteiger partial charge in [0.2, 0.25) is 5.91 Å². The number of carbonyl (C=O) groups is 1. The van der Waals surface area contributed by atoms with Crippen LogP contribution in [0.3, 0.4) is 0 Å². The lowest BCUT2D eigenvalue weighted by Crippen LogP contribution is -2.34. The molecule has 1 rings (SSSR count). The summed E-state index contributed by atoms with van der Waals surface area (Å²) in [6.07, 6.45) is 2.35. The van der Waals surface area contributed by atoms with Crippen molar-refractivity contribution >= 4 is 5.91 Å². The molecule has 0 spiro atoms. The number of rotatable bonds is 7. The fourth-order valence-electron chi connectivity index (χ4n) is 1.69. The van der Waals surface area contributed by atoms with Crippen molar-refractivity contribution in [3.8, 4) is 5.75 Å². The molecule has 100 valence electrons. The summed E-state index contributed by atoms with van der Waals surface area (Å²) in [4.78, 5) is 11.6. The molecule has 0 aromatic heterocycles. The molecule has 1 aromatic rings. The van der Waals surface area contributed by atoms with Crippen molar-refractivity contribution in [1.82, 2.24) is 5.32 Å². The molecule has 0 atom stereocenters. The van der Waals surface area contributed by atoms with Gasteiger partial charge in [-0.3, -0.25) is 4.79 Å². The van der Waals surface area contributed by atoms with Gasteiger partial charge >= 0.3 is 0 Å². The van der Waals surface area contributed by atoms with E-state index in [4.69, 9.17) is 4.74 Å². The second-order valence-corrected chi connectivity index (χ2v) is 4.49. The second kappa shape index (κ2) is 7.75. The molecular formula is C15H23NO2. The van der Waals surface area contributed by atoms with E-state index in [0.717, 1.165) is 18.6 Å². The van der Waals surface area contributed by atoms with Gasteiger partial charge in [0.1, 0.15) is 5.75 Å². The Kier molecular flexibility index (Phi) is 6.26. The van der Waals surface area contributed by atoms with Gasteiger partial charge in [0.05, 0.1) is 13.0 Å². The molecule has 1 amide bonds. The Labute approximate surface area is 110 Å². The molecule has 0 unspecified atom stereocenters. The number of nitrogens with one attached hydrogen (secondary N) is 1. The first kappa shape index (κ1) is 14.6. The quantitative estimate of drug-likeness (QED) is 0.806. The van der Waals surface area contributed by atoms with Crippen molar-refractivity contribution in [2.75, 3.05) is 6.61 Å². The summed E-state index contributed by atoms with van der Waals surface area (Å²) in [6.45, 7) is 6.62. The minimum atomic E-state index is 0.0656. The maximum absolute atomic E-state index is 11.6. The summed E-state index contributed by atoms with van der Waals surface area (Å²) in [6, 6.07) is 8.14. The van der Waals surface area contributed by atoms with Crippen LogP contribution in [0, 0.1) is 6.92 Å². The Bertz CT molecular complexity index is 355. The number of carbonyl (C=O) groups excluding carboxylic acids is 1. The van der Waals surface area contributed by atoms with Crippen LogP contribution in [-0.4, -0.2) is 18.6 Å². The van der Waals surface area contributed by atoms with E-state index in [9.17, 15) is 4.79 Å². The van der Waals surface area contributed by atoms with Gasteiger partial charge in [-0.25, -0.2) is 0 Å². The molecule has 0 bridgehead atoms. The lowest BCUT2D eigenvalue weighted by molar-refractivity contribution is -0.122. The molecule has 0 aliphatic heterocycles. The molecule has 3 nitrogen and oxygen atoms in total. The zero-order chi connectivity index (χ0) is 13.4. The van der Waals surface area contributed by atoms with Crippen molar-refractivity contribution in [2.24, 2.45) is 0 Å². The van der Waals surface area contributed by atoms with Crippen molar-refractivity contribution in [1.29, 1.82) is 0 Å². The summed E-state index contributed by atoms with van der Waals surface area (Å²) in [5.74, 6) is 0.881. The zero-order valence-electron chi connectivity index (χ0n) is 11.5. The van der Waals surface area contributed by atoms with Gasteiger partial charge in [-0.2, -0.15) is 0 Å². The average Bonchev–Trinajstić information content (AvgIpc) is 2.38. The van der Waals surface area contributed by atoms with Crippen LogP contribution in [-0.2, 0) is 4.79 Å². The minimum Gasteiger partial charge on any atom is -0.493 e. The fraction of sp³-hybridized carbons (Fsp3) is 0.533. The third-order valence-corrected chi connectivity index (χ3v) is 2.97. The molecule has 1 N–H and O–H groups in total. The summed E-state index contributed by atoms with van der Waals surface area (Å²) < 4.78 is 5.52. The van der Waals surface area contributed by atoms with E-state index in [1.807, 2.05) is 31.2 Å². The molecule has 1 aromatic carbocycles. The molecule has 0 saturated heterocycles. The molecule has 3 heteroatoms. The van der Waals surface area contributed by atoms with Gasteiger partial charge < -0.3 is 10.1 Å². The van der Waals surface area contributed by atoms with Crippen LogP contribution in [0.25, 0.3) is 0 Å². The average molecular weight is 249 g/mol. The van der Waals surface area contributed by atoms with Crippen LogP contribution in [0.1, 0.15) is 38.7 Å². The van der Waals surface area contributed by atoms with Crippen LogP contribution in [0.2, 0.25) is 0 Å². The molecule has 0 radical (unpaired) electrons. The van der Waals surface area contributed by atoms with Crippen LogP contribution in [0.5, 0.6) is 5.75 Å². The second-order valence-electron chi connectivity index (χ2n) is 4.49. The molecule has 0 fully saturated rings. The lowest BCUT2D eigenvalue weighted by atomic mass is 10.1. The molecular weight excluding hydrogens is 226 g/mol. The SMILES string of the molecule is CCC(CC)NC(=O)CCOc1ccc(C)cc1. The van der Waals surface area contributed by atoms with E-state index in [1.165, 1.54) is 5.56 Å². The van der Waals surface area contributed by atoms with E-state index in [0.29, 0.717) is 13.0 Å². The van der Waals surface area contributed by atoms with Crippen LogP contribution in [0.15, 0.2) is 24.3 Å². The number of amides is 1. The Balaban J connectivity index is 2.25. The van der Waals surface area contributed by atoms with E-state index in [1.54, 1.807) is 0 Å². The standard InChI is InChI=1S/C15H23NO2/c1-4-13(5-2)16-15(17)10-11-18-14-8-6-12(3)7-9-14/h6-9,13H,4-5,10-11H2,1-3H3,(H,16,17). The first-order valence-corrected chi connectivity index (χ1v) is 6.64. The highest BCUT2D eigenvalue weighted by molar-refractivity contribution is 5.76. The van der Waals surface area contributed by atoms with Gasteiger partial charge in [-0.15, -0.1) is 0 Å². The van der Waals surface area contributed by atoms with E-state index in [-0.39, 0.29) is 11.9 Å². The lowest BCUT2D eigenvalue weighted by Gasteiger charge is -2.14. The number of hydrogen-bond donors (Lipinski definition) is 1. The Morgan fingerprint density at radius 2 is 1.83 bits per heavy atom. The molecule has 0 aliphatic rings. The summed E-state index contributed by atoms with van der Waals surface area (Å²) in [5.41, 5.74) is 1.20. The van der Waals surface area contributed by atoms with E-state index in [2.05, 4.69) is 19.2 Å². The predicted octanol–water partition coefficient (Wildman–Crippen LogP) is 3.07. The number of ether oxygens (including phenoxy) is 1. The monoisotopic (exact) mass is 249 g/mol. The van der Waals surface area contributed by atoms with Crippen molar-refractivity contribution in [2.45, 2.75) is 46.1 Å². The third kappa shape index (κ3) is 5.21. The van der Waals surface area contributed by atoms with Crippen LogP contribution < -0.4 is 10.1 Å². The molecule has 18 heavy (non-hydrogen) atoms. The van der Waals surface area contributed by atoms with Gasteiger partial charge in [-0.05, 0) is 31.9 Å². The van der Waals surface area contributed by atoms with Gasteiger partial charge in [-0.1, -0.05) is 31.5 Å². The highest BCUT2D eigenvalue weighted by Crippen LogP contribution is 2.11. The zero-order valence-corrected chi connectivity index (χ0v) is 11.5. The van der Waals surface area contributed by atoms with Crippen LogP contribution >= 0.6 is 0 Å². The number of hydrogen-bond acceptors (Lipinski definition) is 2. The van der Waals surface area contributed by atoms with Crippen LogP contribution in [0.4, 0.5) is 0 Å². The minimum absolute atomic E-state index is 0.0656. The topological polar surface area (TPSA) is 38.3 Å². The molecule has 0 heterocycles. The van der Waals surface area contributed by atoms with Crippen molar-refractivity contribution in [3.63, 3.8) is 0 Å². The van der Waals surface area contributed by atoms with E-state index < -0.39 is 0 Å². The number of benzene rings is 1. The Hall–Kier alpha value is -1.51. The molecule has 0 saturated carbocycles. The summed E-state index contributed by atoms with van der Waals surface area (Å²) in [7, 11) is 0. The maximum Gasteiger partial charge on any atom is 0.223 e. The Morgan fingerprint density at radius 1 is 1.22 bits per heavy atom. The molecule has 0 aliphatic carbocycles. The normalized spacial score (nSPS) is 10.4. The first-order valence-electron chi connectivity index (χ1n) is 6.64. The van der Waals surface area contributed by atoms with Gasteiger partial charge in [0.25, 0.3) is 0 Å². The largest absolute Gasteiger partial charge is 0.493 e. The predicted molar refractivity (Wildman–Crippen MR) is 73.8 cm³/mol. The van der Waals surface area contributed by atoms with Gasteiger partial charge in [0, 0.05) is 6.04 Å². The highest BCUT2D eigenvalue weighted by atomic mass is 16.5. The first-order chi connectivity index (χ1) is 8.65. The van der Waals surface area contributed by atoms with Crippen molar-refractivity contribution < 1.29 is 9.53 Å². The summed E-state index contributed by atoms with van der Waals surface area (Å²) >= 11 is 0. The summed E-state index contributed by atoms with van der Waals surface area (Å²) in [5, 5.41) is 2.99. The number of aryl methyl sites for hydroxylation is 1. The van der Waals surface area contributed by atoms with E-state index >= 15 is 0 Å². The smallest absolute Gasteiger partial charge is 0.223 e. The maximum atomic E-state index is 11.6. The van der Waals surface area contributed by atoms with Gasteiger partial charge in [0.15, 0.2) is 0 Å². The fourth-order valence-corrected chi connectivity index (χ4v) is 1.69. The highest BCUT2D eigenvalue weighted by Gasteiger charge is 2.07. The Morgan fingerprint density at radius 3 is 2.39 bits per heavy atom.